The Kier molecular flexibility index (Phi) is 5.64. The molecule has 1 atom stereocenters. The van der Waals surface area contributed by atoms with Crippen molar-refractivity contribution in [3.05, 3.63) is 35.6 Å². The lowest BCUT2D eigenvalue weighted by molar-refractivity contribution is -0.152. The van der Waals surface area contributed by atoms with Gasteiger partial charge in [0.15, 0.2) is 17.1 Å². The van der Waals surface area contributed by atoms with Crippen molar-refractivity contribution in [2.75, 3.05) is 0 Å². The van der Waals surface area contributed by atoms with Crippen molar-refractivity contribution in [1.29, 1.82) is 0 Å². The Balaban J connectivity index is 2.78. The molecule has 1 aliphatic rings. The zero-order valence-electron chi connectivity index (χ0n) is 12.8. The number of hydrogen-bond donors (Lipinski definition) is 0. The van der Waals surface area contributed by atoms with Crippen molar-refractivity contribution in [3.8, 4) is 0 Å². The maximum Gasteiger partial charge on any atom is 0.338 e. The molecule has 0 bridgehead atoms. The molecule has 21 heavy (non-hydrogen) atoms. The molecule has 0 unspecified atom stereocenters. The van der Waals surface area contributed by atoms with E-state index >= 15 is 0 Å². The summed E-state index contributed by atoms with van der Waals surface area (Å²) in [6.07, 6.45) is 7.13. The van der Waals surface area contributed by atoms with Crippen LogP contribution in [0.4, 0.5) is 0 Å². The van der Waals surface area contributed by atoms with Gasteiger partial charge in [0.25, 0.3) is 0 Å². The van der Waals surface area contributed by atoms with Crippen LogP contribution in [0.1, 0.15) is 40.5 Å². The van der Waals surface area contributed by atoms with Crippen LogP contribution in [0, 0.1) is 0 Å². The monoisotopic (exact) mass is 292 g/mol. The summed E-state index contributed by atoms with van der Waals surface area (Å²) < 4.78 is 10.4. The van der Waals surface area contributed by atoms with E-state index in [9.17, 15) is 14.4 Å². The number of allylic oxidation sites excluding steroid dienone is 4. The third-order valence-corrected chi connectivity index (χ3v) is 3.12. The average molecular weight is 292 g/mol. The summed E-state index contributed by atoms with van der Waals surface area (Å²) in [5.74, 6) is -0.929. The molecule has 0 aromatic rings. The lowest BCUT2D eigenvalue weighted by Crippen LogP contribution is -2.30. The molecule has 0 amide bonds. The lowest BCUT2D eigenvalue weighted by atomic mass is 9.95. The van der Waals surface area contributed by atoms with Crippen molar-refractivity contribution >= 4 is 17.7 Å². The van der Waals surface area contributed by atoms with E-state index in [0.29, 0.717) is 0 Å². The van der Waals surface area contributed by atoms with E-state index in [1.54, 1.807) is 26.0 Å². The smallest absolute Gasteiger partial charge is 0.338 e. The average Bonchev–Trinajstić information content (AvgIpc) is 2.61. The van der Waals surface area contributed by atoms with E-state index in [-0.39, 0.29) is 30.0 Å². The molecule has 0 spiro atoms. The van der Waals surface area contributed by atoms with E-state index < -0.39 is 17.5 Å². The standard InChI is InChI=1S/C16H20O5/c1-5-6-7-8-13(18)9-10-16(4)14(20-12(3)17)11(2)15(19)21-16/h5-8H,9-10H2,1-4H3/b6-5+,8-7+/t16-/m0/s1. The summed E-state index contributed by atoms with van der Waals surface area (Å²) in [6, 6.07) is 0. The van der Waals surface area contributed by atoms with E-state index in [1.807, 2.05) is 13.0 Å². The van der Waals surface area contributed by atoms with Gasteiger partial charge in [-0.25, -0.2) is 4.79 Å². The first-order valence-electron chi connectivity index (χ1n) is 6.75. The molecule has 1 heterocycles. The molecule has 114 valence electrons. The van der Waals surface area contributed by atoms with Crippen LogP contribution in [0.15, 0.2) is 35.6 Å². The van der Waals surface area contributed by atoms with Crippen LogP contribution in [-0.4, -0.2) is 23.3 Å². The van der Waals surface area contributed by atoms with Crippen LogP contribution in [0.3, 0.4) is 0 Å². The van der Waals surface area contributed by atoms with E-state index in [0.717, 1.165) is 0 Å². The maximum atomic E-state index is 11.7. The zero-order chi connectivity index (χ0) is 16.0. The molecule has 0 aliphatic carbocycles. The fourth-order valence-corrected chi connectivity index (χ4v) is 2.03. The first-order chi connectivity index (χ1) is 9.80. The van der Waals surface area contributed by atoms with E-state index in [2.05, 4.69) is 0 Å². The van der Waals surface area contributed by atoms with Crippen LogP contribution in [0.25, 0.3) is 0 Å². The molecule has 1 rings (SSSR count). The van der Waals surface area contributed by atoms with Crippen molar-refractivity contribution in [3.63, 3.8) is 0 Å². The third-order valence-electron chi connectivity index (χ3n) is 3.12. The molecular formula is C16H20O5. The van der Waals surface area contributed by atoms with Gasteiger partial charge in [0.05, 0.1) is 5.57 Å². The SMILES string of the molecule is C/C=C/C=C/C(=O)CC[C@]1(C)OC(=O)C(C)=C1OC(C)=O. The number of carbonyl (C=O) groups is 3. The van der Waals surface area contributed by atoms with E-state index in [1.165, 1.54) is 13.0 Å². The number of ketones is 1. The predicted molar refractivity (Wildman–Crippen MR) is 77.2 cm³/mol. The second-order valence-electron chi connectivity index (χ2n) is 5.02. The fraction of sp³-hybridized carbons (Fsp3) is 0.438. The second kappa shape index (κ2) is 7.02. The van der Waals surface area contributed by atoms with Crippen molar-refractivity contribution in [2.45, 2.75) is 46.1 Å². The van der Waals surface area contributed by atoms with Crippen LogP contribution in [0.2, 0.25) is 0 Å². The number of ether oxygens (including phenoxy) is 2. The first-order valence-corrected chi connectivity index (χ1v) is 6.75. The summed E-state index contributed by atoms with van der Waals surface area (Å²) in [5.41, 5.74) is -0.804. The van der Waals surface area contributed by atoms with Gasteiger partial charge >= 0.3 is 11.9 Å². The third kappa shape index (κ3) is 4.41. The van der Waals surface area contributed by atoms with Crippen LogP contribution in [-0.2, 0) is 23.9 Å². The molecule has 0 fully saturated rings. The summed E-state index contributed by atoms with van der Waals surface area (Å²) in [5, 5.41) is 0. The van der Waals surface area contributed by atoms with E-state index in [4.69, 9.17) is 9.47 Å². The molecule has 0 aromatic heterocycles. The number of carbonyl (C=O) groups excluding carboxylic acids is 3. The highest BCUT2D eigenvalue weighted by Gasteiger charge is 2.44. The molecule has 0 aromatic carbocycles. The highest BCUT2D eigenvalue weighted by Crippen LogP contribution is 2.37. The zero-order valence-corrected chi connectivity index (χ0v) is 12.8. The molecule has 1 aliphatic heterocycles. The Morgan fingerprint density at radius 3 is 2.57 bits per heavy atom. The van der Waals surface area contributed by atoms with Crippen molar-refractivity contribution < 1.29 is 23.9 Å². The Labute approximate surface area is 124 Å². The Morgan fingerprint density at radius 1 is 1.33 bits per heavy atom. The molecule has 0 N–H and O–H groups in total. The summed E-state index contributed by atoms with van der Waals surface area (Å²) >= 11 is 0. The topological polar surface area (TPSA) is 69.7 Å². The van der Waals surface area contributed by atoms with Crippen LogP contribution >= 0.6 is 0 Å². The summed E-state index contributed by atoms with van der Waals surface area (Å²) in [7, 11) is 0. The van der Waals surface area contributed by atoms with Gasteiger partial charge in [-0.1, -0.05) is 18.2 Å². The molecule has 5 nitrogen and oxygen atoms in total. The van der Waals surface area contributed by atoms with Gasteiger partial charge in [-0.15, -0.1) is 0 Å². The minimum absolute atomic E-state index is 0.0860. The number of esters is 2. The molecule has 0 saturated heterocycles. The minimum atomic E-state index is -1.07. The van der Waals surface area contributed by atoms with Gasteiger partial charge in [-0.05, 0) is 26.8 Å². The van der Waals surface area contributed by atoms with Gasteiger partial charge in [0, 0.05) is 19.8 Å². The highest BCUT2D eigenvalue weighted by atomic mass is 16.6. The first kappa shape index (κ1) is 16.9. The van der Waals surface area contributed by atoms with Gasteiger partial charge in [0.2, 0.25) is 0 Å². The Hall–Kier alpha value is -2.17. The quantitative estimate of drug-likeness (QED) is 0.427. The molecular weight excluding hydrogens is 272 g/mol. The van der Waals surface area contributed by atoms with Gasteiger partial charge < -0.3 is 9.47 Å². The second-order valence-corrected chi connectivity index (χ2v) is 5.02. The predicted octanol–water partition coefficient (Wildman–Crippen LogP) is 2.62. The lowest BCUT2D eigenvalue weighted by Gasteiger charge is -2.25. The van der Waals surface area contributed by atoms with Crippen molar-refractivity contribution in [2.24, 2.45) is 0 Å². The summed E-state index contributed by atoms with van der Waals surface area (Å²) in [6.45, 7) is 6.30. The van der Waals surface area contributed by atoms with Gasteiger partial charge in [-0.2, -0.15) is 0 Å². The Morgan fingerprint density at radius 2 is 2.00 bits per heavy atom. The van der Waals surface area contributed by atoms with Gasteiger partial charge in [-0.3, -0.25) is 9.59 Å². The maximum absolute atomic E-state index is 11.7. The molecule has 0 radical (unpaired) electrons. The largest absolute Gasteiger partial charge is 0.448 e. The Bertz CT molecular complexity index is 539. The summed E-state index contributed by atoms with van der Waals surface area (Å²) in [4.78, 5) is 34.5. The highest BCUT2D eigenvalue weighted by molar-refractivity contribution is 5.93. The fourth-order valence-electron chi connectivity index (χ4n) is 2.03. The normalized spacial score (nSPS) is 22.2. The van der Waals surface area contributed by atoms with Crippen LogP contribution < -0.4 is 0 Å². The van der Waals surface area contributed by atoms with Crippen molar-refractivity contribution in [1.82, 2.24) is 0 Å². The number of hydrogen-bond acceptors (Lipinski definition) is 5. The molecule has 5 heteroatoms. The molecule has 0 saturated carbocycles. The van der Waals surface area contributed by atoms with Crippen LogP contribution in [0.5, 0.6) is 0 Å². The minimum Gasteiger partial charge on any atom is -0.448 e. The number of cyclic esters (lactones) is 1. The van der Waals surface area contributed by atoms with Gasteiger partial charge in [0.1, 0.15) is 0 Å². The number of rotatable bonds is 6.